The summed E-state index contributed by atoms with van der Waals surface area (Å²) in [6, 6.07) is 17.0. The maximum atomic E-state index is 5.21. The summed E-state index contributed by atoms with van der Waals surface area (Å²) in [6.45, 7) is 17.0. The third kappa shape index (κ3) is 9.54. The monoisotopic (exact) mass is 454 g/mol. The normalized spacial score (nSPS) is 13.5. The number of nitrogens with two attached hydrogens (primary N) is 1. The second-order valence-electron chi connectivity index (χ2n) is 7.52. The van der Waals surface area contributed by atoms with Crippen molar-refractivity contribution >= 4 is 26.3 Å². The molecule has 2 N–H and O–H groups in total. The van der Waals surface area contributed by atoms with Gasteiger partial charge in [0.2, 0.25) is 0 Å². The molecular formula is C27H43N4P. The van der Waals surface area contributed by atoms with Crippen LogP contribution in [0.3, 0.4) is 0 Å². The van der Waals surface area contributed by atoms with Gasteiger partial charge in [-0.3, -0.25) is 4.99 Å². The standard InChI is InChI=1S/C21H25N3.C4H12NP.C2H6/c1-4-23-12-14-24(15-13-23)20-10-7-9-19(16-20)18(3)22-21-11-6-5-8-17(21)2;5-3-1-2-4-6;1-2/h4-11,16H,1,12-15H2,2-3H3;1-6H2;1-2H3. The number of aryl methyl sites for hydroxylation is 1. The summed E-state index contributed by atoms with van der Waals surface area (Å²) in [7, 11) is 2.67. The smallest absolute Gasteiger partial charge is 0.0662 e. The number of rotatable bonds is 7. The van der Waals surface area contributed by atoms with E-state index in [1.807, 2.05) is 32.2 Å². The number of anilines is 1. The Morgan fingerprint density at radius 3 is 2.31 bits per heavy atom. The summed E-state index contributed by atoms with van der Waals surface area (Å²) in [5.74, 6) is 0. The Hall–Kier alpha value is -2.16. The second-order valence-corrected chi connectivity index (χ2v) is 8.10. The molecule has 2 aromatic rings. The lowest BCUT2D eigenvalue weighted by Gasteiger charge is -2.35. The van der Waals surface area contributed by atoms with E-state index in [1.54, 1.807) is 0 Å². The summed E-state index contributed by atoms with van der Waals surface area (Å²) in [5.41, 5.74) is 11.0. The van der Waals surface area contributed by atoms with Crippen LogP contribution >= 0.6 is 9.24 Å². The average Bonchev–Trinajstić information content (AvgIpc) is 2.86. The molecule has 32 heavy (non-hydrogen) atoms. The topological polar surface area (TPSA) is 44.9 Å². The number of piperazine rings is 1. The molecule has 4 nitrogen and oxygen atoms in total. The van der Waals surface area contributed by atoms with Gasteiger partial charge in [0.05, 0.1) is 5.69 Å². The summed E-state index contributed by atoms with van der Waals surface area (Å²) in [6.07, 6.45) is 5.55. The lowest BCUT2D eigenvalue weighted by Crippen LogP contribution is -2.44. The molecule has 0 bridgehead atoms. The molecule has 1 aliphatic heterocycles. The van der Waals surface area contributed by atoms with Crippen LogP contribution in [-0.4, -0.2) is 49.5 Å². The first-order chi connectivity index (χ1) is 15.6. The van der Waals surface area contributed by atoms with E-state index >= 15 is 0 Å². The van der Waals surface area contributed by atoms with Crippen LogP contribution in [0.25, 0.3) is 0 Å². The maximum absolute atomic E-state index is 5.21. The Bertz CT molecular complexity index is 807. The first-order valence-electron chi connectivity index (χ1n) is 11.8. The zero-order valence-corrected chi connectivity index (χ0v) is 21.7. The van der Waals surface area contributed by atoms with Crippen molar-refractivity contribution in [2.45, 2.75) is 40.5 Å². The summed E-state index contributed by atoms with van der Waals surface area (Å²) < 4.78 is 0. The molecule has 176 valence electrons. The van der Waals surface area contributed by atoms with Crippen LogP contribution in [-0.2, 0) is 0 Å². The highest BCUT2D eigenvalue weighted by Crippen LogP contribution is 2.22. The van der Waals surface area contributed by atoms with Crippen molar-refractivity contribution in [2.24, 2.45) is 10.7 Å². The summed E-state index contributed by atoms with van der Waals surface area (Å²) >= 11 is 0. The molecule has 1 fully saturated rings. The maximum Gasteiger partial charge on any atom is 0.0662 e. The third-order valence-corrected chi connectivity index (χ3v) is 5.67. The van der Waals surface area contributed by atoms with Crippen LogP contribution in [0.2, 0.25) is 0 Å². The minimum atomic E-state index is 0.842. The van der Waals surface area contributed by atoms with Crippen molar-refractivity contribution in [3.63, 3.8) is 0 Å². The van der Waals surface area contributed by atoms with Crippen molar-refractivity contribution in [2.75, 3.05) is 43.8 Å². The van der Waals surface area contributed by atoms with Gasteiger partial charge in [-0.05, 0) is 74.9 Å². The molecule has 0 aliphatic carbocycles. The van der Waals surface area contributed by atoms with Gasteiger partial charge in [0.25, 0.3) is 0 Å². The fourth-order valence-corrected chi connectivity index (χ4v) is 3.60. The van der Waals surface area contributed by atoms with Gasteiger partial charge in [0.1, 0.15) is 0 Å². The van der Waals surface area contributed by atoms with E-state index in [0.29, 0.717) is 0 Å². The van der Waals surface area contributed by atoms with Crippen molar-refractivity contribution in [3.8, 4) is 0 Å². The van der Waals surface area contributed by atoms with Gasteiger partial charge >= 0.3 is 0 Å². The molecule has 0 spiro atoms. The Morgan fingerprint density at radius 2 is 1.75 bits per heavy atom. The molecule has 1 aliphatic rings. The van der Waals surface area contributed by atoms with E-state index in [9.17, 15) is 0 Å². The minimum absolute atomic E-state index is 0.842. The quantitative estimate of drug-likeness (QED) is 0.316. The van der Waals surface area contributed by atoms with Crippen LogP contribution in [0.5, 0.6) is 0 Å². The molecule has 0 saturated carbocycles. The molecule has 1 saturated heterocycles. The van der Waals surface area contributed by atoms with Crippen LogP contribution in [0, 0.1) is 6.92 Å². The predicted octanol–water partition coefficient (Wildman–Crippen LogP) is 6.03. The molecule has 0 aromatic heterocycles. The SMILES string of the molecule is C=CN1CCN(c2cccc(C(C)=Nc3ccccc3C)c2)CC1.CC.NCCCCP. The number of aliphatic imine (C=N–C) groups is 1. The Morgan fingerprint density at radius 1 is 1.06 bits per heavy atom. The zero-order chi connectivity index (χ0) is 23.8. The molecule has 1 unspecified atom stereocenters. The lowest BCUT2D eigenvalue weighted by atomic mass is 10.1. The third-order valence-electron chi connectivity index (χ3n) is 5.26. The summed E-state index contributed by atoms with van der Waals surface area (Å²) in [5, 5.41) is 0. The number of unbranched alkanes of at least 4 members (excludes halogenated alkanes) is 1. The highest BCUT2D eigenvalue weighted by atomic mass is 31.0. The van der Waals surface area contributed by atoms with Gasteiger partial charge in [0.15, 0.2) is 0 Å². The molecule has 0 radical (unpaired) electrons. The van der Waals surface area contributed by atoms with Crippen molar-refractivity contribution in [1.82, 2.24) is 4.90 Å². The Kier molecular flexibility index (Phi) is 14.3. The van der Waals surface area contributed by atoms with Crippen LogP contribution < -0.4 is 10.6 Å². The van der Waals surface area contributed by atoms with Gasteiger partial charge in [-0.2, -0.15) is 0 Å². The first-order valence-corrected chi connectivity index (χ1v) is 12.6. The molecule has 1 atom stereocenters. The van der Waals surface area contributed by atoms with E-state index < -0.39 is 0 Å². The van der Waals surface area contributed by atoms with Gasteiger partial charge in [0, 0.05) is 37.6 Å². The second kappa shape index (κ2) is 16.5. The van der Waals surface area contributed by atoms with E-state index in [4.69, 9.17) is 10.7 Å². The molecule has 1 heterocycles. The average molecular weight is 455 g/mol. The Labute approximate surface area is 198 Å². The zero-order valence-electron chi connectivity index (χ0n) is 20.6. The number of benzene rings is 2. The lowest BCUT2D eigenvalue weighted by molar-refractivity contribution is 0.350. The van der Waals surface area contributed by atoms with Gasteiger partial charge in [-0.1, -0.05) is 50.8 Å². The van der Waals surface area contributed by atoms with Gasteiger partial charge in [-0.25, -0.2) is 0 Å². The van der Waals surface area contributed by atoms with Crippen molar-refractivity contribution in [3.05, 3.63) is 72.4 Å². The number of hydrogen-bond acceptors (Lipinski definition) is 4. The molecule has 0 amide bonds. The largest absolute Gasteiger partial charge is 0.374 e. The fraction of sp³-hybridized carbons (Fsp3) is 0.444. The molecule has 2 aromatic carbocycles. The fourth-order valence-electron chi connectivity index (χ4n) is 3.31. The van der Waals surface area contributed by atoms with Crippen LogP contribution in [0.15, 0.2) is 66.3 Å². The molecule has 5 heteroatoms. The Balaban J connectivity index is 0.000000556. The summed E-state index contributed by atoms with van der Waals surface area (Å²) in [4.78, 5) is 9.52. The number of nitrogens with zero attached hydrogens (tertiary/aromatic N) is 3. The van der Waals surface area contributed by atoms with Crippen molar-refractivity contribution in [1.29, 1.82) is 0 Å². The van der Waals surface area contributed by atoms with E-state index in [0.717, 1.165) is 44.1 Å². The van der Waals surface area contributed by atoms with E-state index in [2.05, 4.69) is 75.9 Å². The number of para-hydroxylation sites is 1. The highest BCUT2D eigenvalue weighted by molar-refractivity contribution is 7.16. The van der Waals surface area contributed by atoms with E-state index in [1.165, 1.54) is 35.8 Å². The van der Waals surface area contributed by atoms with E-state index in [-0.39, 0.29) is 0 Å². The van der Waals surface area contributed by atoms with Gasteiger partial charge < -0.3 is 15.5 Å². The van der Waals surface area contributed by atoms with Crippen LogP contribution in [0.1, 0.15) is 44.7 Å². The molecular weight excluding hydrogens is 411 g/mol. The number of hydrogen-bond donors (Lipinski definition) is 1. The molecule has 3 rings (SSSR count). The first kappa shape index (κ1) is 27.9. The van der Waals surface area contributed by atoms with Gasteiger partial charge in [-0.15, -0.1) is 9.24 Å². The highest BCUT2D eigenvalue weighted by Gasteiger charge is 2.15. The predicted molar refractivity (Wildman–Crippen MR) is 148 cm³/mol. The van der Waals surface area contributed by atoms with Crippen molar-refractivity contribution < 1.29 is 0 Å². The minimum Gasteiger partial charge on any atom is -0.374 e. The van der Waals surface area contributed by atoms with Crippen LogP contribution in [0.4, 0.5) is 11.4 Å².